The fourth-order valence-electron chi connectivity index (χ4n) is 4.40. The van der Waals surface area contributed by atoms with Crippen molar-refractivity contribution in [2.24, 2.45) is 5.92 Å². The summed E-state index contributed by atoms with van der Waals surface area (Å²) >= 11 is 0. The van der Waals surface area contributed by atoms with Crippen molar-refractivity contribution in [1.82, 2.24) is 9.55 Å². The largest absolute Gasteiger partial charge is 0.319 e. The second kappa shape index (κ2) is 7.17. The third kappa shape index (κ3) is 2.90. The van der Waals surface area contributed by atoms with Crippen LogP contribution in [0.5, 0.6) is 0 Å². The number of rotatable bonds is 6. The van der Waals surface area contributed by atoms with Crippen LogP contribution in [0.25, 0.3) is 0 Å². The molecule has 0 N–H and O–H groups in total. The monoisotopic (exact) mass is 378 g/mol. The molecule has 1 saturated carbocycles. The van der Waals surface area contributed by atoms with Gasteiger partial charge in [0, 0.05) is 18.0 Å². The lowest BCUT2D eigenvalue weighted by molar-refractivity contribution is -0.108. The summed E-state index contributed by atoms with van der Waals surface area (Å²) in [5.74, 6) is 0.353. The van der Waals surface area contributed by atoms with E-state index in [1.807, 2.05) is 24.5 Å². The van der Waals surface area contributed by atoms with Gasteiger partial charge in [0.05, 0.1) is 12.0 Å². The lowest BCUT2D eigenvalue weighted by atomic mass is 9.77. The summed E-state index contributed by atoms with van der Waals surface area (Å²) in [5.41, 5.74) is 3.96. The highest BCUT2D eigenvalue weighted by Crippen LogP contribution is 2.47. The highest BCUT2D eigenvalue weighted by Gasteiger charge is 2.42. The Balaban J connectivity index is 1.78. The minimum atomic E-state index is -0.541. The molecule has 4 aromatic rings. The number of aldehydes is 1. The fourth-order valence-corrected chi connectivity index (χ4v) is 4.40. The van der Waals surface area contributed by atoms with Gasteiger partial charge >= 0.3 is 0 Å². The van der Waals surface area contributed by atoms with E-state index in [2.05, 4.69) is 83.6 Å². The minimum absolute atomic E-state index is 0.109. The average Bonchev–Trinajstić information content (AvgIpc) is 3.44. The van der Waals surface area contributed by atoms with Crippen LogP contribution in [0.15, 0.2) is 104 Å². The van der Waals surface area contributed by atoms with Gasteiger partial charge in [-0.25, -0.2) is 4.98 Å². The summed E-state index contributed by atoms with van der Waals surface area (Å²) in [7, 11) is 0. The fraction of sp³-hybridized carbons (Fsp3) is 0.154. The lowest BCUT2D eigenvalue weighted by Crippen LogP contribution is -2.36. The van der Waals surface area contributed by atoms with Gasteiger partial charge in [0.25, 0.3) is 0 Å². The maximum absolute atomic E-state index is 11.2. The Morgan fingerprint density at radius 1 is 0.793 bits per heavy atom. The standard InChI is InChI=1S/C26H22N2O/c29-18-20-16-24(20)25-17-28(19-27-25)26(21-10-4-1-5-11-21,22-12-6-2-7-13-22)23-14-8-3-9-15-23/h1-15,17-20,24H,16H2/t20-,24?/m1/s1. The summed E-state index contributed by atoms with van der Waals surface area (Å²) in [6.45, 7) is 0. The molecule has 1 aromatic heterocycles. The Morgan fingerprint density at radius 2 is 1.28 bits per heavy atom. The van der Waals surface area contributed by atoms with E-state index in [0.717, 1.165) is 18.4 Å². The molecule has 1 fully saturated rings. The molecule has 5 rings (SSSR count). The minimum Gasteiger partial charge on any atom is -0.319 e. The summed E-state index contributed by atoms with van der Waals surface area (Å²) in [5, 5.41) is 0. The molecule has 0 radical (unpaired) electrons. The number of hydrogen-bond donors (Lipinski definition) is 0. The third-order valence-corrected chi connectivity index (χ3v) is 5.96. The zero-order chi connectivity index (χ0) is 19.7. The van der Waals surface area contributed by atoms with Gasteiger partial charge in [0.15, 0.2) is 0 Å². The van der Waals surface area contributed by atoms with E-state index in [1.54, 1.807) is 0 Å². The maximum Gasteiger partial charge on any atom is 0.123 e. The van der Waals surface area contributed by atoms with Gasteiger partial charge in [0.1, 0.15) is 11.8 Å². The van der Waals surface area contributed by atoms with Crippen molar-refractivity contribution in [2.45, 2.75) is 17.9 Å². The van der Waals surface area contributed by atoms with Gasteiger partial charge in [-0.2, -0.15) is 0 Å². The molecule has 2 atom stereocenters. The van der Waals surface area contributed by atoms with Crippen molar-refractivity contribution >= 4 is 6.29 Å². The molecular formula is C26H22N2O. The van der Waals surface area contributed by atoms with Gasteiger partial charge in [-0.3, -0.25) is 0 Å². The van der Waals surface area contributed by atoms with E-state index in [9.17, 15) is 4.79 Å². The average molecular weight is 378 g/mol. The molecule has 29 heavy (non-hydrogen) atoms. The number of carbonyl (C=O) groups excluding carboxylic acids is 1. The number of aromatic nitrogens is 2. The predicted molar refractivity (Wildman–Crippen MR) is 114 cm³/mol. The smallest absolute Gasteiger partial charge is 0.123 e. The van der Waals surface area contributed by atoms with Gasteiger partial charge in [-0.1, -0.05) is 91.0 Å². The van der Waals surface area contributed by atoms with Crippen LogP contribution in [-0.4, -0.2) is 15.8 Å². The van der Waals surface area contributed by atoms with Crippen LogP contribution in [0.1, 0.15) is 34.7 Å². The first kappa shape index (κ1) is 17.6. The molecule has 1 heterocycles. The first-order valence-corrected chi connectivity index (χ1v) is 10.0. The van der Waals surface area contributed by atoms with Crippen LogP contribution in [0.3, 0.4) is 0 Å². The molecule has 3 heteroatoms. The van der Waals surface area contributed by atoms with Crippen LogP contribution in [0.4, 0.5) is 0 Å². The number of benzene rings is 3. The predicted octanol–water partition coefficient (Wildman–Crippen LogP) is 5.03. The lowest BCUT2D eigenvalue weighted by Gasteiger charge is -2.37. The van der Waals surface area contributed by atoms with E-state index < -0.39 is 5.54 Å². The normalized spacial score (nSPS) is 18.3. The molecule has 3 aromatic carbocycles. The quantitative estimate of drug-likeness (QED) is 0.349. The molecule has 0 saturated heterocycles. The van der Waals surface area contributed by atoms with Crippen LogP contribution in [-0.2, 0) is 10.3 Å². The number of carbonyl (C=O) groups is 1. The molecule has 1 unspecified atom stereocenters. The Bertz CT molecular complexity index is 1010. The molecule has 1 aliphatic rings. The Kier molecular flexibility index (Phi) is 4.36. The second-order valence-corrected chi connectivity index (χ2v) is 7.66. The van der Waals surface area contributed by atoms with Crippen molar-refractivity contribution in [2.75, 3.05) is 0 Å². The highest BCUT2D eigenvalue weighted by molar-refractivity contribution is 5.61. The molecule has 0 amide bonds. The molecular weight excluding hydrogens is 356 g/mol. The van der Waals surface area contributed by atoms with Crippen molar-refractivity contribution in [3.8, 4) is 0 Å². The zero-order valence-corrected chi connectivity index (χ0v) is 16.1. The summed E-state index contributed by atoms with van der Waals surface area (Å²) in [6.07, 6.45) is 6.00. The Morgan fingerprint density at radius 3 is 1.69 bits per heavy atom. The molecule has 0 aliphatic heterocycles. The first-order chi connectivity index (χ1) is 14.3. The molecule has 3 nitrogen and oxygen atoms in total. The van der Waals surface area contributed by atoms with E-state index >= 15 is 0 Å². The van der Waals surface area contributed by atoms with Gasteiger partial charge < -0.3 is 9.36 Å². The van der Waals surface area contributed by atoms with Crippen molar-refractivity contribution in [3.63, 3.8) is 0 Å². The molecule has 0 spiro atoms. The number of hydrogen-bond acceptors (Lipinski definition) is 2. The molecule has 1 aliphatic carbocycles. The van der Waals surface area contributed by atoms with Crippen molar-refractivity contribution < 1.29 is 4.79 Å². The maximum atomic E-state index is 11.2. The van der Waals surface area contributed by atoms with E-state index in [0.29, 0.717) is 0 Å². The van der Waals surface area contributed by atoms with Gasteiger partial charge in [-0.05, 0) is 23.1 Å². The third-order valence-electron chi connectivity index (χ3n) is 5.96. The Hall–Kier alpha value is -3.46. The van der Waals surface area contributed by atoms with E-state index in [1.165, 1.54) is 16.7 Å². The molecule has 142 valence electrons. The van der Waals surface area contributed by atoms with Gasteiger partial charge in [-0.15, -0.1) is 0 Å². The van der Waals surface area contributed by atoms with E-state index in [-0.39, 0.29) is 11.8 Å². The van der Waals surface area contributed by atoms with Crippen molar-refractivity contribution in [3.05, 3.63) is 126 Å². The van der Waals surface area contributed by atoms with Crippen LogP contribution in [0, 0.1) is 5.92 Å². The number of imidazole rings is 1. The van der Waals surface area contributed by atoms with E-state index in [4.69, 9.17) is 4.98 Å². The summed E-state index contributed by atoms with van der Waals surface area (Å²) in [6, 6.07) is 31.6. The summed E-state index contributed by atoms with van der Waals surface area (Å²) < 4.78 is 2.21. The van der Waals surface area contributed by atoms with Gasteiger partial charge in [0.2, 0.25) is 0 Å². The van der Waals surface area contributed by atoms with Crippen LogP contribution in [0.2, 0.25) is 0 Å². The second-order valence-electron chi connectivity index (χ2n) is 7.66. The van der Waals surface area contributed by atoms with Crippen LogP contribution >= 0.6 is 0 Å². The SMILES string of the molecule is O=C[C@H]1CC1c1cn(C(c2ccccc2)(c2ccccc2)c2ccccc2)cn1. The molecule has 0 bridgehead atoms. The summed E-state index contributed by atoms with van der Waals surface area (Å²) in [4.78, 5) is 15.9. The highest BCUT2D eigenvalue weighted by atomic mass is 16.1. The number of nitrogens with zero attached hydrogens (tertiary/aromatic N) is 2. The van der Waals surface area contributed by atoms with Crippen molar-refractivity contribution in [1.29, 1.82) is 0 Å². The zero-order valence-electron chi connectivity index (χ0n) is 16.1. The topological polar surface area (TPSA) is 34.9 Å². The Labute approximate surface area is 170 Å². The first-order valence-electron chi connectivity index (χ1n) is 10.0. The van der Waals surface area contributed by atoms with Crippen LogP contribution < -0.4 is 0 Å².